The van der Waals surface area contributed by atoms with E-state index in [0.29, 0.717) is 11.9 Å². The molecule has 0 bridgehead atoms. The number of aromatic nitrogens is 2. The van der Waals surface area contributed by atoms with E-state index in [0.717, 1.165) is 24.2 Å². The summed E-state index contributed by atoms with van der Waals surface area (Å²) in [4.78, 5) is 6.19. The topological polar surface area (TPSA) is 17.8 Å². The van der Waals surface area contributed by atoms with Crippen molar-refractivity contribution in [2.45, 2.75) is 32.7 Å². The maximum atomic E-state index is 5.96. The number of fused-ring (bicyclic) bond motifs is 1. The molecule has 0 radical (unpaired) electrons. The van der Waals surface area contributed by atoms with Gasteiger partial charge in [0.25, 0.3) is 0 Å². The lowest BCUT2D eigenvalue weighted by Crippen LogP contribution is -2.12. The van der Waals surface area contributed by atoms with Gasteiger partial charge in [-0.3, -0.25) is 0 Å². The molecule has 4 heteroatoms. The molecule has 21 heavy (non-hydrogen) atoms. The fourth-order valence-corrected chi connectivity index (χ4v) is 3.81. The van der Waals surface area contributed by atoms with Gasteiger partial charge in [0.05, 0.1) is 11.0 Å². The Hall–Kier alpha value is -1.32. The summed E-state index contributed by atoms with van der Waals surface area (Å²) in [5.41, 5.74) is 3.56. The predicted octanol–water partition coefficient (Wildman–Crippen LogP) is 4.99. The van der Waals surface area contributed by atoms with Crippen molar-refractivity contribution in [2.75, 3.05) is 5.88 Å². The van der Waals surface area contributed by atoms with Gasteiger partial charge in [0, 0.05) is 29.6 Å². The minimum Gasteiger partial charge on any atom is -0.325 e. The number of halogens is 1. The Labute approximate surface area is 134 Å². The third kappa shape index (κ3) is 2.99. The van der Waals surface area contributed by atoms with E-state index in [9.17, 15) is 0 Å². The molecule has 0 N–H and O–H groups in total. The number of benzene rings is 1. The molecule has 0 saturated carbocycles. The molecule has 110 valence electrons. The molecule has 1 atom stereocenters. The van der Waals surface area contributed by atoms with Crippen LogP contribution in [0.25, 0.3) is 11.0 Å². The Balaban J connectivity index is 2.05. The van der Waals surface area contributed by atoms with Crippen LogP contribution in [0.3, 0.4) is 0 Å². The minimum atomic E-state index is 0.383. The third-order valence-corrected chi connectivity index (χ3v) is 4.84. The highest BCUT2D eigenvalue weighted by Crippen LogP contribution is 2.26. The van der Waals surface area contributed by atoms with Crippen molar-refractivity contribution in [2.24, 2.45) is 0 Å². The van der Waals surface area contributed by atoms with Gasteiger partial charge in [0.2, 0.25) is 0 Å². The Bertz CT molecular complexity index is 731. The average molecular weight is 319 g/mol. The highest BCUT2D eigenvalue weighted by Gasteiger charge is 2.16. The second kappa shape index (κ2) is 6.20. The lowest BCUT2D eigenvalue weighted by atomic mass is 10.1. The number of rotatable bonds is 5. The van der Waals surface area contributed by atoms with E-state index in [4.69, 9.17) is 16.6 Å². The number of thiophene rings is 1. The van der Waals surface area contributed by atoms with E-state index in [1.165, 1.54) is 16.0 Å². The third-order valence-electron chi connectivity index (χ3n) is 3.75. The molecule has 3 rings (SSSR count). The van der Waals surface area contributed by atoms with Gasteiger partial charge >= 0.3 is 0 Å². The fourth-order valence-electron chi connectivity index (χ4n) is 2.82. The van der Waals surface area contributed by atoms with Crippen molar-refractivity contribution in [1.82, 2.24) is 9.55 Å². The molecular weight excluding hydrogens is 300 g/mol. The maximum Gasteiger partial charge on any atom is 0.111 e. The first kappa shape index (κ1) is 14.6. The minimum absolute atomic E-state index is 0.383. The van der Waals surface area contributed by atoms with Gasteiger partial charge in [-0.2, -0.15) is 0 Å². The highest BCUT2D eigenvalue weighted by atomic mass is 35.5. The molecule has 0 aliphatic carbocycles. The molecule has 2 nitrogen and oxygen atoms in total. The number of hydrogen-bond donors (Lipinski definition) is 0. The van der Waals surface area contributed by atoms with Crippen molar-refractivity contribution in [3.05, 3.63) is 52.0 Å². The first-order valence-electron chi connectivity index (χ1n) is 7.25. The molecule has 0 fully saturated rings. The van der Waals surface area contributed by atoms with Gasteiger partial charge in [-0.05, 0) is 43.0 Å². The highest BCUT2D eigenvalue weighted by molar-refractivity contribution is 7.09. The van der Waals surface area contributed by atoms with Crippen molar-refractivity contribution < 1.29 is 0 Å². The van der Waals surface area contributed by atoms with Gasteiger partial charge in [-0.1, -0.05) is 12.1 Å². The number of nitrogens with zero attached hydrogens (tertiary/aromatic N) is 2. The molecule has 0 aliphatic rings. The Morgan fingerprint density at radius 2 is 2.19 bits per heavy atom. The molecule has 2 aromatic heterocycles. The zero-order valence-electron chi connectivity index (χ0n) is 12.3. The Kier molecular flexibility index (Phi) is 4.32. The van der Waals surface area contributed by atoms with E-state index < -0.39 is 0 Å². The number of aryl methyl sites for hydroxylation is 2. The summed E-state index contributed by atoms with van der Waals surface area (Å²) < 4.78 is 2.37. The normalized spacial score (nSPS) is 12.9. The van der Waals surface area contributed by atoms with Crippen molar-refractivity contribution in [3.8, 4) is 0 Å². The summed E-state index contributed by atoms with van der Waals surface area (Å²) in [6.07, 6.45) is 1.84. The van der Waals surface area contributed by atoms with Crippen LogP contribution in [-0.4, -0.2) is 15.4 Å². The second-order valence-corrected chi connectivity index (χ2v) is 6.87. The summed E-state index contributed by atoms with van der Waals surface area (Å²) in [5, 5.41) is 2.14. The monoisotopic (exact) mass is 318 g/mol. The summed E-state index contributed by atoms with van der Waals surface area (Å²) in [6.45, 7) is 4.39. The Morgan fingerprint density at radius 3 is 2.90 bits per heavy atom. The van der Waals surface area contributed by atoms with Gasteiger partial charge in [-0.15, -0.1) is 22.9 Å². The van der Waals surface area contributed by atoms with Gasteiger partial charge in [0.15, 0.2) is 0 Å². The SMILES string of the molecule is Cc1ccc2nc(CCCl)n(C(C)Cc3cccs3)c2c1. The van der Waals surface area contributed by atoms with Crippen LogP contribution in [0.1, 0.15) is 29.2 Å². The number of hydrogen-bond acceptors (Lipinski definition) is 2. The van der Waals surface area contributed by atoms with Gasteiger partial charge < -0.3 is 4.57 Å². The largest absolute Gasteiger partial charge is 0.325 e. The smallest absolute Gasteiger partial charge is 0.111 e. The quantitative estimate of drug-likeness (QED) is 0.606. The molecule has 1 unspecified atom stereocenters. The summed E-state index contributed by atoms with van der Waals surface area (Å²) in [7, 11) is 0. The van der Waals surface area contributed by atoms with E-state index in [2.05, 4.69) is 54.1 Å². The molecule has 0 saturated heterocycles. The van der Waals surface area contributed by atoms with E-state index in [-0.39, 0.29) is 0 Å². The van der Waals surface area contributed by atoms with E-state index in [1.54, 1.807) is 0 Å². The summed E-state index contributed by atoms with van der Waals surface area (Å²) in [6, 6.07) is 11.2. The Morgan fingerprint density at radius 1 is 1.33 bits per heavy atom. The molecule has 0 aliphatic heterocycles. The molecule has 0 spiro atoms. The molecule has 0 amide bonds. The van der Waals surface area contributed by atoms with E-state index >= 15 is 0 Å². The van der Waals surface area contributed by atoms with Crippen LogP contribution >= 0.6 is 22.9 Å². The van der Waals surface area contributed by atoms with Gasteiger partial charge in [0.1, 0.15) is 5.82 Å². The van der Waals surface area contributed by atoms with Crippen LogP contribution in [0.15, 0.2) is 35.7 Å². The van der Waals surface area contributed by atoms with E-state index in [1.807, 2.05) is 11.3 Å². The molecule has 1 aromatic carbocycles. The van der Waals surface area contributed by atoms with Crippen LogP contribution in [0.2, 0.25) is 0 Å². The standard InChI is InChI=1S/C17H19ClN2S/c1-12-5-6-15-16(10-12)20(17(19-15)7-8-18)13(2)11-14-4-3-9-21-14/h3-6,9-10,13H,7-8,11H2,1-2H3. The predicted molar refractivity (Wildman–Crippen MR) is 91.6 cm³/mol. The zero-order valence-corrected chi connectivity index (χ0v) is 13.9. The van der Waals surface area contributed by atoms with Crippen LogP contribution < -0.4 is 0 Å². The lowest BCUT2D eigenvalue weighted by Gasteiger charge is -2.17. The summed E-state index contributed by atoms with van der Waals surface area (Å²) in [5.74, 6) is 1.70. The van der Waals surface area contributed by atoms with Crippen LogP contribution in [0, 0.1) is 6.92 Å². The maximum absolute atomic E-state index is 5.96. The van der Waals surface area contributed by atoms with Gasteiger partial charge in [-0.25, -0.2) is 4.98 Å². The number of alkyl halides is 1. The lowest BCUT2D eigenvalue weighted by molar-refractivity contribution is 0.541. The zero-order chi connectivity index (χ0) is 14.8. The van der Waals surface area contributed by atoms with Crippen LogP contribution in [0.4, 0.5) is 0 Å². The first-order valence-corrected chi connectivity index (χ1v) is 8.66. The average Bonchev–Trinajstić information content (AvgIpc) is 3.06. The fraction of sp³-hybridized carbons (Fsp3) is 0.353. The van der Waals surface area contributed by atoms with Crippen molar-refractivity contribution in [3.63, 3.8) is 0 Å². The molecule has 2 heterocycles. The van der Waals surface area contributed by atoms with Crippen LogP contribution in [0.5, 0.6) is 0 Å². The number of imidazole rings is 1. The first-order chi connectivity index (χ1) is 10.2. The van der Waals surface area contributed by atoms with Crippen LogP contribution in [-0.2, 0) is 12.8 Å². The molecule has 3 aromatic rings. The second-order valence-electron chi connectivity index (χ2n) is 5.46. The van der Waals surface area contributed by atoms with Crippen molar-refractivity contribution >= 4 is 34.0 Å². The summed E-state index contributed by atoms with van der Waals surface area (Å²) >= 11 is 7.78. The molecular formula is C17H19ClN2S. The van der Waals surface area contributed by atoms with Crippen molar-refractivity contribution in [1.29, 1.82) is 0 Å².